The SMILES string of the molecule is c1ccc(Oc2ncc(-c3ccc4scnc4c3)cn2)cc1. The van der Waals surface area contributed by atoms with Crippen molar-refractivity contribution in [2.75, 3.05) is 0 Å². The number of aromatic nitrogens is 3. The minimum atomic E-state index is 0.338. The van der Waals surface area contributed by atoms with E-state index < -0.39 is 0 Å². The summed E-state index contributed by atoms with van der Waals surface area (Å²) in [6.07, 6.45) is 3.53. The van der Waals surface area contributed by atoms with Crippen molar-refractivity contribution in [3.05, 3.63) is 66.4 Å². The van der Waals surface area contributed by atoms with Crippen molar-refractivity contribution >= 4 is 21.6 Å². The van der Waals surface area contributed by atoms with Crippen LogP contribution in [0.5, 0.6) is 11.8 Å². The van der Waals surface area contributed by atoms with E-state index in [0.29, 0.717) is 6.01 Å². The van der Waals surface area contributed by atoms with Crippen LogP contribution in [-0.2, 0) is 0 Å². The Bertz CT molecular complexity index is 904. The van der Waals surface area contributed by atoms with E-state index in [1.54, 1.807) is 23.7 Å². The molecule has 0 atom stereocenters. The highest BCUT2D eigenvalue weighted by Gasteiger charge is 2.04. The van der Waals surface area contributed by atoms with Crippen molar-refractivity contribution in [2.45, 2.75) is 0 Å². The van der Waals surface area contributed by atoms with Crippen LogP contribution in [0.4, 0.5) is 0 Å². The monoisotopic (exact) mass is 305 g/mol. The van der Waals surface area contributed by atoms with Gasteiger partial charge >= 0.3 is 6.01 Å². The molecule has 4 aromatic rings. The van der Waals surface area contributed by atoms with E-state index in [1.807, 2.05) is 41.9 Å². The zero-order valence-electron chi connectivity index (χ0n) is 11.5. The number of rotatable bonds is 3. The lowest BCUT2D eigenvalue weighted by Gasteiger charge is -2.04. The van der Waals surface area contributed by atoms with Gasteiger partial charge in [-0.3, -0.25) is 0 Å². The number of ether oxygens (including phenoxy) is 1. The van der Waals surface area contributed by atoms with Gasteiger partial charge in [-0.1, -0.05) is 24.3 Å². The molecule has 2 aromatic heterocycles. The van der Waals surface area contributed by atoms with E-state index in [9.17, 15) is 0 Å². The zero-order chi connectivity index (χ0) is 14.8. The number of nitrogens with zero attached hydrogens (tertiary/aromatic N) is 3. The fourth-order valence-electron chi connectivity index (χ4n) is 2.15. The van der Waals surface area contributed by atoms with Crippen molar-refractivity contribution in [1.29, 1.82) is 0 Å². The molecule has 0 saturated carbocycles. The van der Waals surface area contributed by atoms with Gasteiger partial charge < -0.3 is 4.74 Å². The number of hydrogen-bond acceptors (Lipinski definition) is 5. The molecule has 0 unspecified atom stereocenters. The zero-order valence-corrected chi connectivity index (χ0v) is 12.3. The quantitative estimate of drug-likeness (QED) is 0.557. The number of para-hydroxylation sites is 1. The summed E-state index contributed by atoms with van der Waals surface area (Å²) in [5, 5.41) is 0. The molecule has 5 heteroatoms. The molecule has 0 spiro atoms. The normalized spacial score (nSPS) is 10.7. The van der Waals surface area contributed by atoms with Crippen molar-refractivity contribution < 1.29 is 4.74 Å². The van der Waals surface area contributed by atoms with Crippen LogP contribution in [0.15, 0.2) is 66.4 Å². The summed E-state index contributed by atoms with van der Waals surface area (Å²) in [5.74, 6) is 0.721. The Balaban J connectivity index is 1.61. The smallest absolute Gasteiger partial charge is 0.321 e. The third kappa shape index (κ3) is 2.54. The molecule has 2 aromatic carbocycles. The van der Waals surface area contributed by atoms with Crippen LogP contribution in [0.3, 0.4) is 0 Å². The molecule has 0 radical (unpaired) electrons. The highest BCUT2D eigenvalue weighted by atomic mass is 32.1. The molecule has 106 valence electrons. The number of thiazole rings is 1. The predicted octanol–water partition coefficient (Wildman–Crippen LogP) is 4.55. The van der Waals surface area contributed by atoms with Crippen molar-refractivity contribution in [3.63, 3.8) is 0 Å². The third-order valence-corrected chi connectivity index (χ3v) is 4.05. The maximum absolute atomic E-state index is 5.59. The van der Waals surface area contributed by atoms with E-state index in [1.165, 1.54) is 4.70 Å². The minimum absolute atomic E-state index is 0.338. The molecule has 22 heavy (non-hydrogen) atoms. The van der Waals surface area contributed by atoms with Gasteiger partial charge in [-0.15, -0.1) is 11.3 Å². The lowest BCUT2D eigenvalue weighted by atomic mass is 10.1. The van der Waals surface area contributed by atoms with Gasteiger partial charge in [0, 0.05) is 18.0 Å². The Morgan fingerprint density at radius 1 is 0.818 bits per heavy atom. The molecule has 0 aliphatic heterocycles. The highest BCUT2D eigenvalue weighted by molar-refractivity contribution is 7.16. The summed E-state index contributed by atoms with van der Waals surface area (Å²) in [5.41, 5.74) is 4.83. The van der Waals surface area contributed by atoms with Gasteiger partial charge in [0.15, 0.2) is 0 Å². The highest BCUT2D eigenvalue weighted by Crippen LogP contribution is 2.26. The third-order valence-electron chi connectivity index (χ3n) is 3.24. The fraction of sp³-hybridized carbons (Fsp3) is 0. The Hall–Kier alpha value is -2.79. The molecule has 0 aliphatic carbocycles. The van der Waals surface area contributed by atoms with Gasteiger partial charge in [0.1, 0.15) is 5.75 Å². The van der Waals surface area contributed by atoms with Gasteiger partial charge in [-0.25, -0.2) is 15.0 Å². The van der Waals surface area contributed by atoms with Gasteiger partial charge in [0.05, 0.1) is 15.7 Å². The van der Waals surface area contributed by atoms with Crippen LogP contribution in [0, 0.1) is 0 Å². The molecule has 0 N–H and O–H groups in total. The molecule has 0 bridgehead atoms. The summed E-state index contributed by atoms with van der Waals surface area (Å²) in [6.45, 7) is 0. The molecule has 2 heterocycles. The van der Waals surface area contributed by atoms with E-state index in [0.717, 1.165) is 22.4 Å². The van der Waals surface area contributed by atoms with Crippen LogP contribution in [-0.4, -0.2) is 15.0 Å². The largest absolute Gasteiger partial charge is 0.424 e. The van der Waals surface area contributed by atoms with Crippen molar-refractivity contribution in [3.8, 4) is 22.9 Å². The van der Waals surface area contributed by atoms with E-state index >= 15 is 0 Å². The Labute approximate surface area is 131 Å². The van der Waals surface area contributed by atoms with Crippen LogP contribution in [0.25, 0.3) is 21.3 Å². The second kappa shape index (κ2) is 5.54. The second-order valence-electron chi connectivity index (χ2n) is 4.70. The molecular weight excluding hydrogens is 294 g/mol. The summed E-state index contributed by atoms with van der Waals surface area (Å²) >= 11 is 1.63. The van der Waals surface area contributed by atoms with E-state index in [4.69, 9.17) is 4.74 Å². The van der Waals surface area contributed by atoms with E-state index in [2.05, 4.69) is 27.1 Å². The summed E-state index contributed by atoms with van der Waals surface area (Å²) in [6, 6.07) is 16.0. The van der Waals surface area contributed by atoms with Crippen LogP contribution >= 0.6 is 11.3 Å². The molecule has 0 aliphatic rings. The van der Waals surface area contributed by atoms with Crippen molar-refractivity contribution in [1.82, 2.24) is 15.0 Å². The van der Waals surface area contributed by atoms with Gasteiger partial charge in [-0.05, 0) is 29.8 Å². The first-order valence-corrected chi connectivity index (χ1v) is 7.65. The maximum Gasteiger partial charge on any atom is 0.321 e. The fourth-order valence-corrected chi connectivity index (χ4v) is 2.81. The lowest BCUT2D eigenvalue weighted by molar-refractivity contribution is 0.442. The second-order valence-corrected chi connectivity index (χ2v) is 5.59. The molecule has 0 fully saturated rings. The maximum atomic E-state index is 5.59. The van der Waals surface area contributed by atoms with Crippen molar-refractivity contribution in [2.24, 2.45) is 0 Å². The molecule has 4 rings (SSSR count). The summed E-state index contributed by atoms with van der Waals surface area (Å²) < 4.78 is 6.77. The number of benzene rings is 2. The first-order valence-electron chi connectivity index (χ1n) is 6.77. The van der Waals surface area contributed by atoms with Crippen LogP contribution in [0.2, 0.25) is 0 Å². The minimum Gasteiger partial charge on any atom is -0.424 e. The van der Waals surface area contributed by atoms with Crippen LogP contribution in [0.1, 0.15) is 0 Å². The Morgan fingerprint density at radius 3 is 2.45 bits per heavy atom. The average Bonchev–Trinajstić information content (AvgIpc) is 3.04. The molecule has 0 saturated heterocycles. The Kier molecular flexibility index (Phi) is 3.25. The number of hydrogen-bond donors (Lipinski definition) is 0. The first kappa shape index (κ1) is 12.9. The van der Waals surface area contributed by atoms with Crippen LogP contribution < -0.4 is 4.74 Å². The van der Waals surface area contributed by atoms with Gasteiger partial charge in [0.2, 0.25) is 0 Å². The summed E-state index contributed by atoms with van der Waals surface area (Å²) in [4.78, 5) is 12.9. The van der Waals surface area contributed by atoms with E-state index in [-0.39, 0.29) is 0 Å². The summed E-state index contributed by atoms with van der Waals surface area (Å²) in [7, 11) is 0. The molecule has 0 amide bonds. The van der Waals surface area contributed by atoms with Gasteiger partial charge in [0.25, 0.3) is 0 Å². The topological polar surface area (TPSA) is 47.9 Å². The molecular formula is C17H11N3OS. The predicted molar refractivity (Wildman–Crippen MR) is 87.2 cm³/mol. The number of fused-ring (bicyclic) bond motifs is 1. The Morgan fingerprint density at radius 2 is 1.64 bits per heavy atom. The standard InChI is InChI=1S/C17H11N3OS/c1-2-4-14(5-3-1)21-17-18-9-13(10-19-17)12-6-7-16-15(8-12)20-11-22-16/h1-11H. The van der Waals surface area contributed by atoms with Gasteiger partial charge in [-0.2, -0.15) is 0 Å². The lowest BCUT2D eigenvalue weighted by Crippen LogP contribution is -1.91. The average molecular weight is 305 g/mol. The molecule has 4 nitrogen and oxygen atoms in total. The first-order chi connectivity index (χ1) is 10.9.